The minimum absolute atomic E-state index is 0.109. The number of primary amides is 1. The first-order valence-corrected chi connectivity index (χ1v) is 13.4. The van der Waals surface area contributed by atoms with E-state index in [9.17, 15) is 18.4 Å². The number of morpholine rings is 1. The molecule has 0 spiro atoms. The van der Waals surface area contributed by atoms with Crippen LogP contribution in [0.1, 0.15) is 28.7 Å². The van der Waals surface area contributed by atoms with Crippen LogP contribution in [0.15, 0.2) is 66.7 Å². The van der Waals surface area contributed by atoms with E-state index in [1.54, 1.807) is 6.07 Å². The summed E-state index contributed by atoms with van der Waals surface area (Å²) in [6, 6.07) is 19.5. The van der Waals surface area contributed by atoms with Crippen molar-refractivity contribution in [1.82, 2.24) is 5.32 Å². The van der Waals surface area contributed by atoms with Gasteiger partial charge < -0.3 is 31.6 Å². The summed E-state index contributed by atoms with van der Waals surface area (Å²) in [5, 5.41) is 5.80. The lowest BCUT2D eigenvalue weighted by molar-refractivity contribution is -0.114. The standard InChI is InChI=1S/C16H23FN4O4.C14H13F.C2H2/c17-13-2-1-3-14(21-15(22)6-18)12(13)5-4-11-7-20-10(8-24-11)9-25-16(19)23;1-11-2-4-12(5-3-11)10-13-6-8-14(15)9-7-13;1-2/h1-3,10-11,20H,4-9,18H2,(H2,19,23)(H,21,22);2-9H,10H2,1H3;1-2H/t10-,11+;;/m0../s1. The van der Waals surface area contributed by atoms with Crippen LogP contribution in [-0.2, 0) is 27.1 Å². The molecule has 8 nitrogen and oxygen atoms in total. The maximum atomic E-state index is 14.1. The Morgan fingerprint density at radius 3 is 2.26 bits per heavy atom. The largest absolute Gasteiger partial charge is 0.448 e. The summed E-state index contributed by atoms with van der Waals surface area (Å²) in [4.78, 5) is 22.0. The molecule has 1 aliphatic heterocycles. The molecule has 3 aromatic carbocycles. The summed E-state index contributed by atoms with van der Waals surface area (Å²) in [7, 11) is 0. The van der Waals surface area contributed by atoms with Crippen LogP contribution in [0.4, 0.5) is 19.3 Å². The van der Waals surface area contributed by atoms with Gasteiger partial charge in [-0.05, 0) is 61.6 Å². The van der Waals surface area contributed by atoms with Crippen molar-refractivity contribution < 1.29 is 27.8 Å². The Balaban J connectivity index is 0.000000308. The van der Waals surface area contributed by atoms with Gasteiger partial charge in [-0.3, -0.25) is 4.79 Å². The maximum Gasteiger partial charge on any atom is 0.404 e. The van der Waals surface area contributed by atoms with Crippen molar-refractivity contribution in [3.05, 3.63) is 101 Å². The van der Waals surface area contributed by atoms with E-state index in [1.165, 1.54) is 35.4 Å². The van der Waals surface area contributed by atoms with Crippen LogP contribution < -0.4 is 22.1 Å². The summed E-state index contributed by atoms with van der Waals surface area (Å²) in [6.07, 6.45) is 8.91. The molecule has 1 saturated heterocycles. The van der Waals surface area contributed by atoms with Gasteiger partial charge >= 0.3 is 6.09 Å². The smallest absolute Gasteiger partial charge is 0.404 e. The monoisotopic (exact) mass is 580 g/mol. The number of anilines is 1. The number of terminal acetylenes is 1. The molecule has 0 saturated carbocycles. The van der Waals surface area contributed by atoms with Crippen molar-refractivity contribution in [3.63, 3.8) is 0 Å². The second-order valence-corrected chi connectivity index (χ2v) is 9.54. The van der Waals surface area contributed by atoms with Gasteiger partial charge in [-0.25, -0.2) is 13.6 Å². The van der Waals surface area contributed by atoms with Gasteiger partial charge in [-0.1, -0.05) is 48.0 Å². The van der Waals surface area contributed by atoms with E-state index in [4.69, 9.17) is 20.9 Å². The van der Waals surface area contributed by atoms with Gasteiger partial charge in [-0.15, -0.1) is 12.8 Å². The summed E-state index contributed by atoms with van der Waals surface area (Å²) >= 11 is 0. The minimum atomic E-state index is -0.824. The van der Waals surface area contributed by atoms with Crippen molar-refractivity contribution in [3.8, 4) is 12.8 Å². The fraction of sp³-hybridized carbons (Fsp3) is 0.312. The molecule has 224 valence electrons. The number of amides is 2. The molecule has 0 bridgehead atoms. The highest BCUT2D eigenvalue weighted by Gasteiger charge is 2.22. The second kappa shape index (κ2) is 18.2. The Morgan fingerprint density at radius 2 is 1.69 bits per heavy atom. The number of benzene rings is 3. The van der Waals surface area contributed by atoms with Gasteiger partial charge in [-0.2, -0.15) is 0 Å². The molecule has 1 aliphatic rings. The van der Waals surface area contributed by atoms with Crippen LogP contribution >= 0.6 is 0 Å². The first-order valence-electron chi connectivity index (χ1n) is 13.4. The Labute approximate surface area is 245 Å². The predicted octanol–water partition coefficient (Wildman–Crippen LogP) is 4.08. The average Bonchev–Trinajstić information content (AvgIpc) is 3.00. The topological polar surface area (TPSA) is 129 Å². The second-order valence-electron chi connectivity index (χ2n) is 9.54. The number of aryl methyl sites for hydroxylation is 1. The van der Waals surface area contributed by atoms with Crippen LogP contribution in [0.5, 0.6) is 0 Å². The van der Waals surface area contributed by atoms with Crippen molar-refractivity contribution in [2.24, 2.45) is 11.5 Å². The highest BCUT2D eigenvalue weighted by atomic mass is 19.1. The SMILES string of the molecule is C#C.Cc1ccc(Cc2ccc(F)cc2)cc1.NCC(=O)Nc1cccc(F)c1CC[C@@H]1CN[C@H](COC(N)=O)CO1. The number of hydrogen-bond donors (Lipinski definition) is 4. The summed E-state index contributed by atoms with van der Waals surface area (Å²) in [6.45, 7) is 2.96. The molecule has 0 unspecified atom stereocenters. The van der Waals surface area contributed by atoms with E-state index in [0.717, 1.165) is 12.0 Å². The molecular formula is C32H38F2N4O4. The summed E-state index contributed by atoms with van der Waals surface area (Å²) < 4.78 is 37.2. The lowest BCUT2D eigenvalue weighted by atomic mass is 10.0. The first-order chi connectivity index (χ1) is 20.2. The molecule has 0 radical (unpaired) electrons. The van der Waals surface area contributed by atoms with Gasteiger partial charge in [0.1, 0.15) is 18.2 Å². The number of nitrogens with two attached hydrogens (primary N) is 2. The predicted molar refractivity (Wildman–Crippen MR) is 160 cm³/mol. The summed E-state index contributed by atoms with van der Waals surface area (Å²) in [5.41, 5.74) is 14.7. The normalized spacial score (nSPS) is 15.7. The lowest BCUT2D eigenvalue weighted by Gasteiger charge is -2.30. The van der Waals surface area contributed by atoms with E-state index < -0.39 is 6.09 Å². The van der Waals surface area contributed by atoms with Crippen molar-refractivity contribution in [2.75, 3.05) is 31.6 Å². The van der Waals surface area contributed by atoms with E-state index in [2.05, 4.69) is 54.7 Å². The number of nitrogens with one attached hydrogen (secondary N) is 2. The maximum absolute atomic E-state index is 14.1. The van der Waals surface area contributed by atoms with E-state index in [1.807, 2.05) is 12.1 Å². The fourth-order valence-corrected chi connectivity index (χ4v) is 4.12. The number of hydrogen-bond acceptors (Lipinski definition) is 6. The summed E-state index contributed by atoms with van der Waals surface area (Å²) in [5.74, 6) is -0.936. The zero-order valence-electron chi connectivity index (χ0n) is 23.7. The number of carbonyl (C=O) groups excluding carboxylic acids is 2. The average molecular weight is 581 g/mol. The fourth-order valence-electron chi connectivity index (χ4n) is 4.12. The molecule has 6 N–H and O–H groups in total. The minimum Gasteiger partial charge on any atom is -0.448 e. The number of halogens is 2. The van der Waals surface area contributed by atoms with E-state index in [0.29, 0.717) is 37.2 Å². The number of ether oxygens (including phenoxy) is 2. The molecule has 0 aliphatic carbocycles. The van der Waals surface area contributed by atoms with Gasteiger partial charge in [0.15, 0.2) is 0 Å². The van der Waals surface area contributed by atoms with Crippen LogP contribution in [0.3, 0.4) is 0 Å². The molecule has 10 heteroatoms. The highest BCUT2D eigenvalue weighted by Crippen LogP contribution is 2.22. The van der Waals surface area contributed by atoms with Crippen molar-refractivity contribution >= 4 is 17.7 Å². The van der Waals surface area contributed by atoms with Gasteiger partial charge in [0, 0.05) is 17.8 Å². The number of rotatable bonds is 9. The Morgan fingerprint density at radius 1 is 1.05 bits per heavy atom. The molecule has 1 fully saturated rings. The Bertz CT molecular complexity index is 1230. The van der Waals surface area contributed by atoms with Crippen LogP contribution in [0.2, 0.25) is 0 Å². The van der Waals surface area contributed by atoms with E-state index in [-0.39, 0.29) is 42.8 Å². The van der Waals surface area contributed by atoms with Gasteiger partial charge in [0.2, 0.25) is 5.91 Å². The molecule has 1 heterocycles. The number of carbonyl (C=O) groups is 2. The molecular weight excluding hydrogens is 542 g/mol. The van der Waals surface area contributed by atoms with Crippen LogP contribution in [0, 0.1) is 31.4 Å². The zero-order valence-corrected chi connectivity index (χ0v) is 23.7. The quantitative estimate of drug-likeness (QED) is 0.283. The lowest BCUT2D eigenvalue weighted by Crippen LogP contribution is -2.49. The van der Waals surface area contributed by atoms with Crippen molar-refractivity contribution in [1.29, 1.82) is 0 Å². The third-order valence-electron chi connectivity index (χ3n) is 6.33. The van der Waals surface area contributed by atoms with Crippen LogP contribution in [0.25, 0.3) is 0 Å². The van der Waals surface area contributed by atoms with Gasteiger partial charge in [0.25, 0.3) is 0 Å². The molecule has 2 atom stereocenters. The molecule has 4 rings (SSSR count). The molecule has 42 heavy (non-hydrogen) atoms. The first kappa shape index (κ1) is 33.9. The zero-order chi connectivity index (χ0) is 30.9. The van der Waals surface area contributed by atoms with Crippen molar-refractivity contribution in [2.45, 2.75) is 38.3 Å². The Hall–Kier alpha value is -4.30. The molecule has 0 aromatic heterocycles. The Kier molecular flexibility index (Phi) is 14.7. The van der Waals surface area contributed by atoms with Crippen LogP contribution in [-0.4, -0.2) is 50.4 Å². The third kappa shape index (κ3) is 12.1. The highest BCUT2D eigenvalue weighted by molar-refractivity contribution is 5.92. The molecule has 2 amide bonds. The molecule has 3 aromatic rings. The third-order valence-corrected chi connectivity index (χ3v) is 6.33. The van der Waals surface area contributed by atoms with Gasteiger partial charge in [0.05, 0.1) is 25.3 Å². The van der Waals surface area contributed by atoms with E-state index >= 15 is 0 Å².